The molecule has 2 atom stereocenters. The van der Waals surface area contributed by atoms with E-state index in [2.05, 4.69) is 27.2 Å². The number of thioether (sulfide) groups is 1. The first-order chi connectivity index (χ1) is 12.2. The van der Waals surface area contributed by atoms with Crippen LogP contribution in [-0.4, -0.2) is 56.7 Å². The Bertz CT molecular complexity index is 577. The normalized spacial score (nSPS) is 20.2. The van der Waals surface area contributed by atoms with Crippen molar-refractivity contribution in [2.45, 2.75) is 30.6 Å². The van der Waals surface area contributed by atoms with Gasteiger partial charge in [0.15, 0.2) is 5.96 Å². The molecule has 1 amide bonds. The standard InChI is InChI=1S/C18H28N4O2S/c1-19-18(22-14-6-9-16(12-14)25-3)21-11-10-20-17(23)13-4-7-15(24-2)8-5-13/h4-5,7-8,14,16H,6,9-12H2,1-3H3,(H,20,23)(H2,19,21,22). The molecule has 2 rings (SSSR count). The fourth-order valence-corrected chi connectivity index (χ4v) is 3.67. The molecule has 0 saturated heterocycles. The van der Waals surface area contributed by atoms with Crippen molar-refractivity contribution in [1.29, 1.82) is 0 Å². The van der Waals surface area contributed by atoms with Crippen LogP contribution in [0.4, 0.5) is 0 Å². The van der Waals surface area contributed by atoms with Crippen molar-refractivity contribution in [3.05, 3.63) is 29.8 Å². The molecule has 1 fully saturated rings. The Morgan fingerprint density at radius 1 is 1.24 bits per heavy atom. The van der Waals surface area contributed by atoms with E-state index in [1.807, 2.05) is 11.8 Å². The lowest BCUT2D eigenvalue weighted by molar-refractivity contribution is 0.0954. The van der Waals surface area contributed by atoms with E-state index in [1.165, 1.54) is 19.3 Å². The Kier molecular flexibility index (Phi) is 7.91. The first-order valence-electron chi connectivity index (χ1n) is 8.58. The van der Waals surface area contributed by atoms with Gasteiger partial charge in [-0.1, -0.05) is 0 Å². The van der Waals surface area contributed by atoms with Gasteiger partial charge in [0.2, 0.25) is 0 Å². The van der Waals surface area contributed by atoms with Crippen LogP contribution in [-0.2, 0) is 0 Å². The van der Waals surface area contributed by atoms with Crippen molar-refractivity contribution >= 4 is 23.6 Å². The molecule has 0 spiro atoms. The number of guanidine groups is 1. The van der Waals surface area contributed by atoms with Gasteiger partial charge >= 0.3 is 0 Å². The second-order valence-electron chi connectivity index (χ2n) is 6.00. The van der Waals surface area contributed by atoms with Gasteiger partial charge in [0, 0.05) is 37.0 Å². The van der Waals surface area contributed by atoms with Crippen molar-refractivity contribution in [2.75, 3.05) is 33.5 Å². The van der Waals surface area contributed by atoms with Crippen LogP contribution in [0, 0.1) is 0 Å². The lowest BCUT2D eigenvalue weighted by Crippen LogP contribution is -2.45. The number of nitrogens with one attached hydrogen (secondary N) is 3. The summed E-state index contributed by atoms with van der Waals surface area (Å²) in [6, 6.07) is 7.55. The van der Waals surface area contributed by atoms with Crippen LogP contribution >= 0.6 is 11.8 Å². The highest BCUT2D eigenvalue weighted by atomic mass is 32.2. The summed E-state index contributed by atoms with van der Waals surface area (Å²) < 4.78 is 5.09. The molecular formula is C18H28N4O2S. The minimum absolute atomic E-state index is 0.0917. The van der Waals surface area contributed by atoms with Crippen molar-refractivity contribution < 1.29 is 9.53 Å². The Balaban J connectivity index is 1.67. The third-order valence-corrected chi connectivity index (χ3v) is 5.43. The fourth-order valence-electron chi connectivity index (χ4n) is 2.87. The van der Waals surface area contributed by atoms with Gasteiger partial charge in [0.05, 0.1) is 7.11 Å². The van der Waals surface area contributed by atoms with Gasteiger partial charge in [-0.25, -0.2) is 0 Å². The van der Waals surface area contributed by atoms with Crippen LogP contribution in [0.5, 0.6) is 5.75 Å². The molecule has 7 heteroatoms. The molecule has 6 nitrogen and oxygen atoms in total. The van der Waals surface area contributed by atoms with Crippen molar-refractivity contribution in [1.82, 2.24) is 16.0 Å². The van der Waals surface area contributed by atoms with Crippen LogP contribution in [0.15, 0.2) is 29.3 Å². The maximum absolute atomic E-state index is 12.1. The quantitative estimate of drug-likeness (QED) is 0.391. The molecule has 0 heterocycles. The van der Waals surface area contributed by atoms with E-state index in [-0.39, 0.29) is 5.91 Å². The number of hydrogen-bond donors (Lipinski definition) is 3. The average molecular weight is 365 g/mol. The third-order valence-electron chi connectivity index (χ3n) is 4.34. The van der Waals surface area contributed by atoms with E-state index in [1.54, 1.807) is 38.4 Å². The minimum atomic E-state index is -0.0917. The number of benzene rings is 1. The van der Waals surface area contributed by atoms with Crippen LogP contribution in [0.2, 0.25) is 0 Å². The molecule has 25 heavy (non-hydrogen) atoms. The Morgan fingerprint density at radius 3 is 2.56 bits per heavy atom. The Morgan fingerprint density at radius 2 is 1.96 bits per heavy atom. The molecular weight excluding hydrogens is 336 g/mol. The molecule has 0 aromatic heterocycles. The van der Waals surface area contributed by atoms with E-state index < -0.39 is 0 Å². The van der Waals surface area contributed by atoms with Crippen LogP contribution in [0.1, 0.15) is 29.6 Å². The zero-order valence-corrected chi connectivity index (χ0v) is 16.0. The highest BCUT2D eigenvalue weighted by Gasteiger charge is 2.24. The maximum atomic E-state index is 12.1. The summed E-state index contributed by atoms with van der Waals surface area (Å²) in [5.74, 6) is 1.44. The molecule has 1 saturated carbocycles. The van der Waals surface area contributed by atoms with Crippen LogP contribution in [0.3, 0.4) is 0 Å². The van der Waals surface area contributed by atoms with Gasteiger partial charge in [-0.05, 0) is 49.8 Å². The van der Waals surface area contributed by atoms with Gasteiger partial charge in [-0.3, -0.25) is 9.79 Å². The topological polar surface area (TPSA) is 74.8 Å². The number of rotatable bonds is 7. The first kappa shape index (κ1) is 19.4. The SMILES string of the molecule is CN=C(NCCNC(=O)c1ccc(OC)cc1)NC1CCC(SC)C1. The summed E-state index contributed by atoms with van der Waals surface area (Å²) >= 11 is 1.94. The van der Waals surface area contributed by atoms with Gasteiger partial charge in [0.25, 0.3) is 5.91 Å². The molecule has 3 N–H and O–H groups in total. The van der Waals surface area contributed by atoms with Gasteiger partial charge < -0.3 is 20.7 Å². The molecule has 1 aromatic carbocycles. The zero-order valence-electron chi connectivity index (χ0n) is 15.2. The first-order valence-corrected chi connectivity index (χ1v) is 9.87. The van der Waals surface area contributed by atoms with E-state index in [4.69, 9.17) is 4.74 Å². The molecule has 0 radical (unpaired) electrons. The van der Waals surface area contributed by atoms with Gasteiger partial charge in [-0.2, -0.15) is 11.8 Å². The number of hydrogen-bond acceptors (Lipinski definition) is 4. The van der Waals surface area contributed by atoms with Crippen LogP contribution < -0.4 is 20.7 Å². The molecule has 1 aliphatic rings. The molecule has 0 bridgehead atoms. The smallest absolute Gasteiger partial charge is 0.251 e. The summed E-state index contributed by atoms with van der Waals surface area (Å²) in [5.41, 5.74) is 0.623. The summed E-state index contributed by atoms with van der Waals surface area (Å²) in [6.45, 7) is 1.16. The van der Waals surface area contributed by atoms with Crippen molar-refractivity contribution in [3.8, 4) is 5.75 Å². The number of carbonyl (C=O) groups excluding carboxylic acids is 1. The van der Waals surface area contributed by atoms with Gasteiger partial charge in [0.1, 0.15) is 5.75 Å². The minimum Gasteiger partial charge on any atom is -0.497 e. The highest BCUT2D eigenvalue weighted by Crippen LogP contribution is 2.27. The van der Waals surface area contributed by atoms with Gasteiger partial charge in [-0.15, -0.1) is 0 Å². The largest absolute Gasteiger partial charge is 0.497 e. The number of aliphatic imine (C=N–C) groups is 1. The van der Waals surface area contributed by atoms with Crippen molar-refractivity contribution in [2.24, 2.45) is 4.99 Å². The monoisotopic (exact) mass is 364 g/mol. The van der Waals surface area contributed by atoms with E-state index >= 15 is 0 Å². The van der Waals surface area contributed by atoms with E-state index in [0.717, 1.165) is 17.0 Å². The third kappa shape index (κ3) is 6.16. The lowest BCUT2D eigenvalue weighted by Gasteiger charge is -2.17. The van der Waals surface area contributed by atoms with E-state index in [0.29, 0.717) is 24.7 Å². The lowest BCUT2D eigenvalue weighted by atomic mass is 10.2. The number of carbonyl (C=O) groups is 1. The predicted octanol–water partition coefficient (Wildman–Crippen LogP) is 1.87. The number of methoxy groups -OCH3 is 1. The predicted molar refractivity (Wildman–Crippen MR) is 105 cm³/mol. The Hall–Kier alpha value is -1.89. The number of nitrogens with zero attached hydrogens (tertiary/aromatic N) is 1. The Labute approximate surface area is 154 Å². The summed E-state index contributed by atoms with van der Waals surface area (Å²) in [4.78, 5) is 16.3. The fraction of sp³-hybridized carbons (Fsp3) is 0.556. The van der Waals surface area contributed by atoms with E-state index in [9.17, 15) is 4.79 Å². The molecule has 1 aromatic rings. The van der Waals surface area contributed by atoms with Crippen LogP contribution in [0.25, 0.3) is 0 Å². The summed E-state index contributed by atoms with van der Waals surface area (Å²) in [7, 11) is 3.38. The zero-order chi connectivity index (χ0) is 18.1. The second kappa shape index (κ2) is 10.2. The maximum Gasteiger partial charge on any atom is 0.251 e. The summed E-state index contributed by atoms with van der Waals surface area (Å²) in [5, 5.41) is 10.4. The molecule has 138 valence electrons. The van der Waals surface area contributed by atoms with Crippen molar-refractivity contribution in [3.63, 3.8) is 0 Å². The average Bonchev–Trinajstić information content (AvgIpc) is 3.11. The highest BCUT2D eigenvalue weighted by molar-refractivity contribution is 7.99. The number of ether oxygens (including phenoxy) is 1. The number of amides is 1. The second-order valence-corrected chi connectivity index (χ2v) is 7.13. The molecule has 2 unspecified atom stereocenters. The molecule has 1 aliphatic carbocycles. The summed E-state index contributed by atoms with van der Waals surface area (Å²) in [6.07, 6.45) is 5.79. The molecule has 0 aliphatic heterocycles.